The van der Waals surface area contributed by atoms with Gasteiger partial charge in [0.1, 0.15) is 6.10 Å². The molecule has 4 rings (SSSR count). The second-order valence-corrected chi connectivity index (χ2v) is 9.64. The van der Waals surface area contributed by atoms with Gasteiger partial charge in [-0.25, -0.2) is 4.79 Å². The lowest BCUT2D eigenvalue weighted by molar-refractivity contribution is -0.151. The zero-order valence-corrected chi connectivity index (χ0v) is 21.6. The van der Waals surface area contributed by atoms with E-state index in [1.54, 1.807) is 0 Å². The van der Waals surface area contributed by atoms with E-state index in [2.05, 4.69) is 10.2 Å². The first kappa shape index (κ1) is 26.7. The summed E-state index contributed by atoms with van der Waals surface area (Å²) in [5, 5.41) is 2.91. The molecule has 0 radical (unpaired) electrons. The summed E-state index contributed by atoms with van der Waals surface area (Å²) in [6.45, 7) is 5.70. The van der Waals surface area contributed by atoms with Crippen LogP contribution in [0.4, 0.5) is 10.5 Å². The lowest BCUT2D eigenvalue weighted by atomic mass is 9.97. The maximum atomic E-state index is 12.7. The first-order chi connectivity index (χ1) is 18.0. The highest BCUT2D eigenvalue weighted by molar-refractivity contribution is 5.91. The normalized spacial score (nSPS) is 17.3. The minimum atomic E-state index is -0.441. The van der Waals surface area contributed by atoms with Crippen molar-refractivity contribution in [2.75, 3.05) is 44.6 Å². The Balaban J connectivity index is 1.16. The summed E-state index contributed by atoms with van der Waals surface area (Å²) in [5.41, 5.74) is 2.70. The summed E-state index contributed by atoms with van der Waals surface area (Å²) >= 11 is 0. The summed E-state index contributed by atoms with van der Waals surface area (Å²) in [5.74, 6) is -0.0991. The summed E-state index contributed by atoms with van der Waals surface area (Å²) in [6, 6.07) is 17.6. The van der Waals surface area contributed by atoms with Crippen molar-refractivity contribution in [3.05, 3.63) is 54.6 Å². The Morgan fingerprint density at radius 1 is 0.892 bits per heavy atom. The van der Waals surface area contributed by atoms with Crippen molar-refractivity contribution in [2.24, 2.45) is 5.92 Å². The maximum absolute atomic E-state index is 12.7. The van der Waals surface area contributed by atoms with Crippen molar-refractivity contribution in [3.8, 4) is 11.1 Å². The minimum Gasteiger partial charge on any atom is -0.466 e. The number of para-hydroxylation sites is 1. The van der Waals surface area contributed by atoms with Crippen LogP contribution in [0.5, 0.6) is 0 Å². The number of rotatable bonds is 8. The third-order valence-corrected chi connectivity index (χ3v) is 7.17. The number of amides is 2. The molecule has 0 bridgehead atoms. The molecule has 198 valence electrons. The molecule has 2 fully saturated rings. The lowest BCUT2D eigenvalue weighted by Gasteiger charge is -2.33. The van der Waals surface area contributed by atoms with Crippen LogP contribution in [0.15, 0.2) is 54.6 Å². The van der Waals surface area contributed by atoms with Crippen molar-refractivity contribution in [2.45, 2.75) is 45.1 Å². The van der Waals surface area contributed by atoms with Crippen LogP contribution in [-0.4, -0.2) is 73.2 Å². The van der Waals surface area contributed by atoms with Crippen LogP contribution in [-0.2, 0) is 19.1 Å². The van der Waals surface area contributed by atoms with Gasteiger partial charge in [0.2, 0.25) is 5.91 Å². The molecule has 0 aliphatic carbocycles. The van der Waals surface area contributed by atoms with E-state index in [-0.39, 0.29) is 23.9 Å². The Morgan fingerprint density at radius 3 is 2.27 bits per heavy atom. The largest absolute Gasteiger partial charge is 0.466 e. The van der Waals surface area contributed by atoms with Gasteiger partial charge < -0.3 is 19.3 Å². The molecular formula is C29H37N3O5. The number of esters is 1. The van der Waals surface area contributed by atoms with Gasteiger partial charge in [0.25, 0.3) is 0 Å². The Kier molecular flexibility index (Phi) is 9.54. The van der Waals surface area contributed by atoms with Crippen molar-refractivity contribution < 1.29 is 23.9 Å². The summed E-state index contributed by atoms with van der Waals surface area (Å²) in [7, 11) is 0. The van der Waals surface area contributed by atoms with Gasteiger partial charge in [-0.05, 0) is 44.2 Å². The molecule has 0 aromatic heterocycles. The molecule has 1 N–H and O–H groups in total. The van der Waals surface area contributed by atoms with E-state index < -0.39 is 6.09 Å². The average molecular weight is 508 g/mol. The number of carbonyl (C=O) groups is 3. The number of nitrogens with one attached hydrogen (secondary N) is 1. The van der Waals surface area contributed by atoms with Crippen LogP contribution in [0.2, 0.25) is 0 Å². The maximum Gasteiger partial charge on any atom is 0.411 e. The molecule has 0 unspecified atom stereocenters. The zero-order chi connectivity index (χ0) is 26.0. The molecule has 2 aliphatic rings. The predicted molar refractivity (Wildman–Crippen MR) is 142 cm³/mol. The molecule has 0 atom stereocenters. The highest BCUT2D eigenvalue weighted by atomic mass is 16.6. The molecule has 2 aromatic carbocycles. The number of hydrogen-bond donors (Lipinski definition) is 1. The van der Waals surface area contributed by atoms with Gasteiger partial charge in [0.05, 0.1) is 18.2 Å². The third kappa shape index (κ3) is 7.55. The highest BCUT2D eigenvalue weighted by Gasteiger charge is 2.29. The predicted octanol–water partition coefficient (Wildman–Crippen LogP) is 4.56. The SMILES string of the molecule is CCOC(=O)C1CCN(C(=O)CCN2CCC(OC(=O)Nc3ccccc3-c3ccccc3)CC2)CC1. The van der Waals surface area contributed by atoms with Gasteiger partial charge in [-0.15, -0.1) is 0 Å². The Hall–Kier alpha value is -3.39. The lowest BCUT2D eigenvalue weighted by Crippen LogP contribution is -2.43. The number of benzene rings is 2. The van der Waals surface area contributed by atoms with Gasteiger partial charge in [-0.1, -0.05) is 48.5 Å². The van der Waals surface area contributed by atoms with E-state index in [0.29, 0.717) is 45.5 Å². The quantitative estimate of drug-likeness (QED) is 0.527. The van der Waals surface area contributed by atoms with Gasteiger partial charge in [-0.3, -0.25) is 14.9 Å². The van der Waals surface area contributed by atoms with Crippen LogP contribution in [0.3, 0.4) is 0 Å². The highest BCUT2D eigenvalue weighted by Crippen LogP contribution is 2.28. The second-order valence-electron chi connectivity index (χ2n) is 9.64. The fourth-order valence-electron chi connectivity index (χ4n) is 5.04. The van der Waals surface area contributed by atoms with Crippen LogP contribution in [0, 0.1) is 5.92 Å². The van der Waals surface area contributed by atoms with Gasteiger partial charge in [0.15, 0.2) is 0 Å². The molecule has 2 aliphatic heterocycles. The third-order valence-electron chi connectivity index (χ3n) is 7.17. The monoisotopic (exact) mass is 507 g/mol. The molecule has 2 heterocycles. The van der Waals surface area contributed by atoms with E-state index >= 15 is 0 Å². The topological polar surface area (TPSA) is 88.2 Å². The number of nitrogens with zero attached hydrogens (tertiary/aromatic N) is 2. The summed E-state index contributed by atoms with van der Waals surface area (Å²) in [4.78, 5) is 41.3. The number of ether oxygens (including phenoxy) is 2. The first-order valence-electron chi connectivity index (χ1n) is 13.3. The van der Waals surface area contributed by atoms with E-state index in [9.17, 15) is 14.4 Å². The standard InChI is InChI=1S/C29H37N3O5/c1-2-36-28(34)23-12-20-32(21-13-23)27(33)16-19-31-17-14-24(15-18-31)37-29(35)30-26-11-7-6-10-25(26)22-8-4-3-5-9-22/h3-11,23-24H,2,12-21H2,1H3,(H,30,35). The fourth-order valence-corrected chi connectivity index (χ4v) is 5.04. The van der Waals surface area contributed by atoms with Crippen LogP contribution in [0.25, 0.3) is 11.1 Å². The van der Waals surface area contributed by atoms with E-state index in [4.69, 9.17) is 9.47 Å². The van der Waals surface area contributed by atoms with Gasteiger partial charge >= 0.3 is 12.1 Å². The van der Waals surface area contributed by atoms with Crippen LogP contribution in [0.1, 0.15) is 39.0 Å². The molecule has 2 amide bonds. The van der Waals surface area contributed by atoms with Crippen molar-refractivity contribution in [3.63, 3.8) is 0 Å². The fraction of sp³-hybridized carbons (Fsp3) is 0.483. The Labute approximate surface area is 218 Å². The molecular weight excluding hydrogens is 470 g/mol. The molecule has 37 heavy (non-hydrogen) atoms. The first-order valence-corrected chi connectivity index (χ1v) is 13.3. The van der Waals surface area contributed by atoms with Gasteiger partial charge in [0, 0.05) is 44.7 Å². The zero-order valence-electron chi connectivity index (χ0n) is 21.6. The molecule has 0 spiro atoms. The molecule has 2 aromatic rings. The average Bonchev–Trinajstić information content (AvgIpc) is 2.93. The summed E-state index contributed by atoms with van der Waals surface area (Å²) in [6.07, 6.45) is 2.71. The van der Waals surface area contributed by atoms with Crippen LogP contribution >= 0.6 is 0 Å². The summed E-state index contributed by atoms with van der Waals surface area (Å²) < 4.78 is 10.8. The number of anilines is 1. The number of hydrogen-bond acceptors (Lipinski definition) is 6. The Bertz CT molecular complexity index is 1040. The number of carbonyl (C=O) groups excluding carboxylic acids is 3. The van der Waals surface area contributed by atoms with E-state index in [1.807, 2.05) is 66.4 Å². The van der Waals surface area contributed by atoms with E-state index in [0.717, 1.165) is 42.7 Å². The van der Waals surface area contributed by atoms with Crippen molar-refractivity contribution in [1.29, 1.82) is 0 Å². The van der Waals surface area contributed by atoms with Crippen molar-refractivity contribution in [1.82, 2.24) is 9.80 Å². The number of piperidine rings is 2. The van der Waals surface area contributed by atoms with Crippen LogP contribution < -0.4 is 5.32 Å². The second kappa shape index (κ2) is 13.2. The Morgan fingerprint density at radius 2 is 1.57 bits per heavy atom. The minimum absolute atomic E-state index is 0.0907. The molecule has 8 nitrogen and oxygen atoms in total. The number of likely N-dealkylation sites (tertiary alicyclic amines) is 2. The molecule has 8 heteroatoms. The molecule has 0 saturated carbocycles. The smallest absolute Gasteiger partial charge is 0.411 e. The van der Waals surface area contributed by atoms with E-state index in [1.165, 1.54) is 0 Å². The van der Waals surface area contributed by atoms with Gasteiger partial charge in [-0.2, -0.15) is 0 Å². The van der Waals surface area contributed by atoms with Crippen molar-refractivity contribution >= 4 is 23.7 Å². The molecule has 2 saturated heterocycles.